The lowest BCUT2D eigenvalue weighted by molar-refractivity contribution is -0.217. The van der Waals surface area contributed by atoms with Gasteiger partial charge in [-0.05, 0) is 65.5 Å². The highest BCUT2D eigenvalue weighted by molar-refractivity contribution is 5.98. The Bertz CT molecular complexity index is 2160. The molecule has 0 radical (unpaired) electrons. The molecule has 12 nitrogen and oxygen atoms in total. The van der Waals surface area contributed by atoms with E-state index in [0.29, 0.717) is 12.8 Å². The summed E-state index contributed by atoms with van der Waals surface area (Å²) in [5, 5.41) is 11.2. The number of para-hydroxylation sites is 1. The summed E-state index contributed by atoms with van der Waals surface area (Å²) in [6, 6.07) is 7.74. The number of carbonyl (C=O) groups excluding carboxylic acids is 4. The predicted molar refractivity (Wildman–Crippen MR) is 175 cm³/mol. The van der Waals surface area contributed by atoms with Crippen molar-refractivity contribution < 1.29 is 52.4 Å². The van der Waals surface area contributed by atoms with Crippen molar-refractivity contribution in [1.82, 2.24) is 0 Å². The molecule has 12 heteroatoms. The number of aromatic hydroxyl groups is 1. The molecule has 4 bridgehead atoms. The van der Waals surface area contributed by atoms with Crippen LogP contribution in [-0.4, -0.2) is 51.9 Å². The van der Waals surface area contributed by atoms with Gasteiger partial charge in [-0.3, -0.25) is 14.4 Å². The summed E-state index contributed by atoms with van der Waals surface area (Å²) in [4.78, 5) is 69.1. The molecule has 4 fully saturated rings. The zero-order valence-electron chi connectivity index (χ0n) is 29.3. The maximum atomic E-state index is 14.6. The molecule has 2 aliphatic carbocycles. The maximum Gasteiger partial charge on any atom is 0.351 e. The van der Waals surface area contributed by atoms with Gasteiger partial charge in [-0.1, -0.05) is 39.8 Å². The van der Waals surface area contributed by atoms with Gasteiger partial charge in [-0.2, -0.15) is 0 Å². The number of carbonyl (C=O) groups is 4. The minimum Gasteiger partial charge on any atom is -0.507 e. The average molecular weight is 689 g/mol. The van der Waals surface area contributed by atoms with E-state index in [1.165, 1.54) is 6.07 Å². The first kappa shape index (κ1) is 32.6. The summed E-state index contributed by atoms with van der Waals surface area (Å²) in [5.74, 6) is -3.11. The Balaban J connectivity index is 1.32. The Kier molecular flexibility index (Phi) is 6.11. The van der Waals surface area contributed by atoms with E-state index in [9.17, 15) is 29.1 Å². The maximum absolute atomic E-state index is 14.6. The van der Waals surface area contributed by atoms with E-state index in [1.807, 2.05) is 0 Å². The van der Waals surface area contributed by atoms with E-state index >= 15 is 0 Å². The van der Waals surface area contributed by atoms with Crippen LogP contribution in [0, 0.1) is 21.7 Å². The van der Waals surface area contributed by atoms with Crippen LogP contribution in [0.1, 0.15) is 92.7 Å². The molecule has 2 unspecified atom stereocenters. The first-order valence-corrected chi connectivity index (χ1v) is 17.0. The second-order valence-corrected chi connectivity index (χ2v) is 16.6. The van der Waals surface area contributed by atoms with E-state index in [-0.39, 0.29) is 46.1 Å². The van der Waals surface area contributed by atoms with Gasteiger partial charge in [-0.15, -0.1) is 0 Å². The van der Waals surface area contributed by atoms with Crippen LogP contribution in [0.3, 0.4) is 0 Å². The van der Waals surface area contributed by atoms with Crippen molar-refractivity contribution in [3.05, 3.63) is 46.1 Å². The monoisotopic (exact) mass is 688 g/mol. The molecule has 1 N–H and O–H groups in total. The summed E-state index contributed by atoms with van der Waals surface area (Å²) in [5.41, 5.74) is -8.93. The molecule has 4 heterocycles. The van der Waals surface area contributed by atoms with Crippen molar-refractivity contribution in [2.24, 2.45) is 21.7 Å². The molecule has 1 aromatic heterocycles. The summed E-state index contributed by atoms with van der Waals surface area (Å²) in [7, 11) is 0. The smallest absolute Gasteiger partial charge is 0.351 e. The van der Waals surface area contributed by atoms with Gasteiger partial charge in [0.2, 0.25) is 16.6 Å². The number of ether oxygens (including phenoxy) is 5. The van der Waals surface area contributed by atoms with Crippen LogP contribution < -0.4 is 10.2 Å². The van der Waals surface area contributed by atoms with Crippen molar-refractivity contribution in [1.29, 1.82) is 0 Å². The Morgan fingerprint density at radius 2 is 1.30 bits per heavy atom. The van der Waals surface area contributed by atoms with E-state index in [2.05, 4.69) is 0 Å². The summed E-state index contributed by atoms with van der Waals surface area (Å²) in [6.45, 7) is 14.0. The second kappa shape index (κ2) is 9.38. The van der Waals surface area contributed by atoms with Gasteiger partial charge < -0.3 is 33.2 Å². The number of rotatable bonds is 4. The normalized spacial score (nSPS) is 35.4. The Hall–Kier alpha value is -4.61. The van der Waals surface area contributed by atoms with Crippen LogP contribution in [0.15, 0.2) is 39.5 Å². The first-order valence-electron chi connectivity index (χ1n) is 17.0. The number of phenols is 1. The largest absolute Gasteiger partial charge is 0.507 e. The van der Waals surface area contributed by atoms with Crippen molar-refractivity contribution in [3.63, 3.8) is 0 Å². The Labute approximate surface area is 287 Å². The zero-order valence-corrected chi connectivity index (χ0v) is 29.3. The third-order valence-electron chi connectivity index (χ3n) is 13.7. The van der Waals surface area contributed by atoms with Gasteiger partial charge in [0.05, 0.1) is 21.8 Å². The summed E-state index contributed by atoms with van der Waals surface area (Å²) in [6.07, 6.45) is -1.69. The number of hydrogen-bond donors (Lipinski definition) is 1. The van der Waals surface area contributed by atoms with Crippen molar-refractivity contribution >= 4 is 45.8 Å². The number of esters is 4. The van der Waals surface area contributed by atoms with Gasteiger partial charge in [0, 0.05) is 16.9 Å². The molecule has 3 aliphatic heterocycles. The molecule has 0 amide bonds. The van der Waals surface area contributed by atoms with E-state index in [1.54, 1.807) is 79.7 Å². The predicted octanol–water partition coefficient (Wildman–Crippen LogP) is 5.56. The molecule has 2 saturated heterocycles. The fraction of sp³-hybridized carbons (Fsp3) is 0.553. The van der Waals surface area contributed by atoms with Crippen LogP contribution in [0.4, 0.5) is 0 Å². The summed E-state index contributed by atoms with van der Waals surface area (Å²) < 4.78 is 37.1. The number of phenolic OH excluding ortho intramolecular Hbond substituents is 1. The first-order chi connectivity index (χ1) is 23.2. The molecular formula is C38H40O12. The lowest BCUT2D eigenvalue weighted by atomic mass is 9.66. The molecule has 2 saturated carbocycles. The fourth-order valence-electron chi connectivity index (χ4n) is 9.31. The number of fused-ring (bicyclic) bond motifs is 8. The van der Waals surface area contributed by atoms with E-state index < -0.39 is 85.7 Å². The lowest BCUT2D eigenvalue weighted by Crippen LogP contribution is -2.57. The molecule has 6 atom stereocenters. The van der Waals surface area contributed by atoms with E-state index in [0.717, 1.165) is 0 Å². The molecule has 264 valence electrons. The molecule has 0 spiro atoms. The van der Waals surface area contributed by atoms with Crippen molar-refractivity contribution in [2.75, 3.05) is 0 Å². The van der Waals surface area contributed by atoms with Crippen LogP contribution in [0.5, 0.6) is 11.5 Å². The standard InChI is InChI=1S/C38H40O12/c1-32(2)27(47-31(44)38-16-14-36(8,29(42)50-38)34(38,5)6)26(46-30(43)37-15-13-35(7,28(41)49-37)33(37,3)4)23-21(48-32)17-19(39)22-24(40)18-11-9-10-12-20(18)45-25(22)23/h9-12,17,26-27,39H,13-16H2,1-8H3/t26-,27-,35?,36?,37-,38-/m1/s1. The molecular weight excluding hydrogens is 648 g/mol. The van der Waals surface area contributed by atoms with Crippen molar-refractivity contribution in [3.8, 4) is 11.5 Å². The van der Waals surface area contributed by atoms with Crippen LogP contribution in [0.25, 0.3) is 21.9 Å². The summed E-state index contributed by atoms with van der Waals surface area (Å²) >= 11 is 0. The topological polar surface area (TPSA) is 165 Å². The van der Waals surface area contributed by atoms with Gasteiger partial charge in [0.25, 0.3) is 0 Å². The quantitative estimate of drug-likeness (QED) is 0.206. The van der Waals surface area contributed by atoms with Gasteiger partial charge in [0.15, 0.2) is 17.8 Å². The van der Waals surface area contributed by atoms with Gasteiger partial charge in [-0.25, -0.2) is 9.59 Å². The Morgan fingerprint density at radius 1 is 0.760 bits per heavy atom. The number of benzene rings is 2. The molecule has 8 rings (SSSR count). The highest BCUT2D eigenvalue weighted by Gasteiger charge is 2.78. The van der Waals surface area contributed by atoms with Crippen molar-refractivity contribution in [2.45, 2.75) is 110 Å². The van der Waals surface area contributed by atoms with Crippen LogP contribution >= 0.6 is 0 Å². The van der Waals surface area contributed by atoms with Crippen LogP contribution in [-0.2, 0) is 38.1 Å². The SMILES string of the molecule is CC1(C)Oc2cc(O)c3c(=O)c4ccccc4oc3c2[C@@H](OC(=O)[C@@]23CCC(C)(C(=O)O2)C3(C)C)[C@H]1OC(=O)[C@@]12CCC(C)(C(=O)O1)C2(C)C. The number of hydrogen-bond acceptors (Lipinski definition) is 12. The molecule has 50 heavy (non-hydrogen) atoms. The third kappa shape index (κ3) is 3.49. The molecule has 5 aliphatic rings. The van der Waals surface area contributed by atoms with Gasteiger partial charge >= 0.3 is 23.9 Å². The highest BCUT2D eigenvalue weighted by Crippen LogP contribution is 2.67. The minimum atomic E-state index is -1.66. The lowest BCUT2D eigenvalue weighted by Gasteiger charge is -2.45. The second-order valence-electron chi connectivity index (χ2n) is 16.6. The third-order valence-corrected chi connectivity index (χ3v) is 13.7. The highest BCUT2D eigenvalue weighted by atomic mass is 16.7. The molecule has 2 aromatic carbocycles. The zero-order chi connectivity index (χ0) is 36.2. The average Bonchev–Trinajstić information content (AvgIpc) is 3.50. The van der Waals surface area contributed by atoms with Crippen LogP contribution in [0.2, 0.25) is 0 Å². The minimum absolute atomic E-state index is 0.0270. The van der Waals surface area contributed by atoms with Gasteiger partial charge in [0.1, 0.15) is 28.1 Å². The Morgan fingerprint density at radius 3 is 1.82 bits per heavy atom. The fourth-order valence-corrected chi connectivity index (χ4v) is 9.31. The molecule has 3 aromatic rings. The van der Waals surface area contributed by atoms with E-state index in [4.69, 9.17) is 28.1 Å².